The van der Waals surface area contributed by atoms with Gasteiger partial charge in [-0.15, -0.1) is 0 Å². The van der Waals surface area contributed by atoms with Gasteiger partial charge in [0.25, 0.3) is 5.89 Å². The minimum Gasteiger partial charge on any atom is -0.497 e. The summed E-state index contributed by atoms with van der Waals surface area (Å²) in [7, 11) is 1.59. The molecule has 2 aromatic rings. The third-order valence-corrected chi connectivity index (χ3v) is 2.54. The van der Waals surface area contributed by atoms with Crippen molar-refractivity contribution in [3.05, 3.63) is 24.0 Å². The van der Waals surface area contributed by atoms with Crippen LogP contribution in [-0.2, 0) is 11.3 Å². The molecule has 1 aromatic heterocycles. The van der Waals surface area contributed by atoms with E-state index in [0.717, 1.165) is 6.42 Å². The number of hydrogen-bond donors (Lipinski definition) is 1. The topological polar surface area (TPSA) is 83.4 Å². The van der Waals surface area contributed by atoms with Crippen molar-refractivity contribution in [1.29, 1.82) is 0 Å². The van der Waals surface area contributed by atoms with Gasteiger partial charge in [0.2, 0.25) is 0 Å². The molecule has 0 saturated heterocycles. The molecular formula is C13H17N3O3. The molecule has 6 heteroatoms. The summed E-state index contributed by atoms with van der Waals surface area (Å²) in [6, 6.07) is 5.30. The highest BCUT2D eigenvalue weighted by Crippen LogP contribution is 2.28. The maximum Gasteiger partial charge on any atom is 0.260 e. The Hall–Kier alpha value is -2.08. The molecule has 0 spiro atoms. The average Bonchev–Trinajstić information content (AvgIpc) is 2.87. The smallest absolute Gasteiger partial charge is 0.260 e. The number of benzene rings is 1. The minimum atomic E-state index is 0.341. The Morgan fingerprint density at radius 1 is 1.37 bits per heavy atom. The number of ether oxygens (including phenoxy) is 2. The van der Waals surface area contributed by atoms with Crippen LogP contribution in [0.25, 0.3) is 11.5 Å². The van der Waals surface area contributed by atoms with Gasteiger partial charge in [0.15, 0.2) is 5.82 Å². The van der Waals surface area contributed by atoms with Crippen LogP contribution in [0.3, 0.4) is 0 Å². The number of nitrogens with zero attached hydrogens (tertiary/aromatic N) is 2. The fraction of sp³-hybridized carbons (Fsp3) is 0.385. The normalized spacial score (nSPS) is 10.6. The molecule has 0 aliphatic carbocycles. The second-order valence-corrected chi connectivity index (χ2v) is 4.02. The second-order valence-electron chi connectivity index (χ2n) is 4.02. The van der Waals surface area contributed by atoms with E-state index in [4.69, 9.17) is 19.7 Å². The van der Waals surface area contributed by atoms with Crippen molar-refractivity contribution in [2.24, 2.45) is 0 Å². The van der Waals surface area contributed by atoms with Gasteiger partial charge in [0, 0.05) is 18.4 Å². The summed E-state index contributed by atoms with van der Waals surface area (Å²) in [5.41, 5.74) is 7.14. The Morgan fingerprint density at radius 3 is 2.89 bits per heavy atom. The van der Waals surface area contributed by atoms with Gasteiger partial charge >= 0.3 is 0 Å². The number of nitrogen functional groups attached to an aromatic ring is 1. The van der Waals surface area contributed by atoms with Gasteiger partial charge in [0.05, 0.1) is 12.7 Å². The van der Waals surface area contributed by atoms with Crippen LogP contribution < -0.4 is 10.5 Å². The highest BCUT2D eigenvalue weighted by atomic mass is 16.5. The quantitative estimate of drug-likeness (QED) is 0.635. The first kappa shape index (κ1) is 13.4. The zero-order chi connectivity index (χ0) is 13.7. The maximum absolute atomic E-state index is 5.92. The lowest BCUT2D eigenvalue weighted by atomic mass is 10.1. The number of methoxy groups -OCH3 is 1. The Balaban J connectivity index is 2.13. The fourth-order valence-electron chi connectivity index (χ4n) is 1.59. The van der Waals surface area contributed by atoms with Crippen molar-refractivity contribution in [2.75, 3.05) is 19.5 Å². The van der Waals surface area contributed by atoms with E-state index < -0.39 is 0 Å². The Bertz CT molecular complexity index is 540. The van der Waals surface area contributed by atoms with Gasteiger partial charge < -0.3 is 19.7 Å². The molecule has 1 aromatic carbocycles. The molecule has 0 aliphatic rings. The third kappa shape index (κ3) is 3.23. The van der Waals surface area contributed by atoms with Crippen molar-refractivity contribution in [2.45, 2.75) is 20.0 Å². The first-order valence-electron chi connectivity index (χ1n) is 6.08. The van der Waals surface area contributed by atoms with Gasteiger partial charge in [-0.25, -0.2) is 0 Å². The van der Waals surface area contributed by atoms with Crippen LogP contribution in [0.1, 0.15) is 19.2 Å². The van der Waals surface area contributed by atoms with Crippen molar-refractivity contribution in [3.63, 3.8) is 0 Å². The van der Waals surface area contributed by atoms with Crippen LogP contribution in [0.4, 0.5) is 5.69 Å². The first-order chi connectivity index (χ1) is 9.24. The number of anilines is 1. The first-order valence-corrected chi connectivity index (χ1v) is 6.08. The number of nitrogens with two attached hydrogens (primary N) is 1. The minimum absolute atomic E-state index is 0.341. The molecule has 0 fully saturated rings. The fourth-order valence-corrected chi connectivity index (χ4v) is 1.59. The molecule has 2 rings (SSSR count). The van der Waals surface area contributed by atoms with E-state index >= 15 is 0 Å². The lowest BCUT2D eigenvalue weighted by Crippen LogP contribution is -1.96. The van der Waals surface area contributed by atoms with Crippen LogP contribution in [0.2, 0.25) is 0 Å². The van der Waals surface area contributed by atoms with Gasteiger partial charge in [-0.05, 0) is 18.6 Å². The second kappa shape index (κ2) is 6.19. The molecule has 0 amide bonds. The van der Waals surface area contributed by atoms with Crippen molar-refractivity contribution < 1.29 is 14.0 Å². The van der Waals surface area contributed by atoms with E-state index in [1.165, 1.54) is 0 Å². The summed E-state index contributed by atoms with van der Waals surface area (Å²) in [5, 5.41) is 3.85. The summed E-state index contributed by atoms with van der Waals surface area (Å²) >= 11 is 0. The molecule has 0 unspecified atom stereocenters. The van der Waals surface area contributed by atoms with Gasteiger partial charge in [0.1, 0.15) is 12.4 Å². The monoisotopic (exact) mass is 263 g/mol. The SMILES string of the molecule is CCCOCc1noc(-c2ccc(OC)cc2N)n1. The van der Waals surface area contributed by atoms with Crippen molar-refractivity contribution in [3.8, 4) is 17.2 Å². The third-order valence-electron chi connectivity index (χ3n) is 2.54. The molecule has 102 valence electrons. The van der Waals surface area contributed by atoms with Gasteiger partial charge in [-0.1, -0.05) is 12.1 Å². The summed E-state index contributed by atoms with van der Waals surface area (Å²) < 4.78 is 15.6. The molecule has 6 nitrogen and oxygen atoms in total. The highest BCUT2D eigenvalue weighted by Gasteiger charge is 2.12. The van der Waals surface area contributed by atoms with E-state index in [1.807, 2.05) is 6.92 Å². The predicted octanol–water partition coefficient (Wildman–Crippen LogP) is 2.25. The van der Waals surface area contributed by atoms with E-state index in [2.05, 4.69) is 10.1 Å². The van der Waals surface area contributed by atoms with Crippen LogP contribution in [0.5, 0.6) is 5.75 Å². The average molecular weight is 263 g/mol. The zero-order valence-electron chi connectivity index (χ0n) is 11.0. The predicted molar refractivity (Wildman–Crippen MR) is 70.6 cm³/mol. The lowest BCUT2D eigenvalue weighted by Gasteiger charge is -2.03. The molecule has 0 radical (unpaired) electrons. The summed E-state index contributed by atoms with van der Waals surface area (Å²) in [6.45, 7) is 3.06. The largest absolute Gasteiger partial charge is 0.497 e. The standard InChI is InChI=1S/C13H17N3O3/c1-3-6-18-8-12-15-13(19-16-12)10-5-4-9(17-2)7-11(10)14/h4-5,7H,3,6,8,14H2,1-2H3. The van der Waals surface area contributed by atoms with Crippen LogP contribution in [-0.4, -0.2) is 23.9 Å². The van der Waals surface area contributed by atoms with E-state index in [-0.39, 0.29) is 0 Å². The molecule has 2 N–H and O–H groups in total. The van der Waals surface area contributed by atoms with Crippen LogP contribution in [0, 0.1) is 0 Å². The molecule has 1 heterocycles. The van der Waals surface area contributed by atoms with E-state index in [1.54, 1.807) is 25.3 Å². The van der Waals surface area contributed by atoms with Crippen molar-refractivity contribution >= 4 is 5.69 Å². The van der Waals surface area contributed by atoms with Gasteiger partial charge in [-0.2, -0.15) is 4.98 Å². The molecule has 0 atom stereocenters. The number of hydrogen-bond acceptors (Lipinski definition) is 6. The number of aromatic nitrogens is 2. The van der Waals surface area contributed by atoms with Gasteiger partial charge in [-0.3, -0.25) is 0 Å². The molecule has 19 heavy (non-hydrogen) atoms. The lowest BCUT2D eigenvalue weighted by molar-refractivity contribution is 0.114. The summed E-state index contributed by atoms with van der Waals surface area (Å²) in [4.78, 5) is 4.25. The van der Waals surface area contributed by atoms with E-state index in [0.29, 0.717) is 41.9 Å². The summed E-state index contributed by atoms with van der Waals surface area (Å²) in [5.74, 6) is 1.58. The van der Waals surface area contributed by atoms with Crippen LogP contribution in [0.15, 0.2) is 22.7 Å². The van der Waals surface area contributed by atoms with Crippen molar-refractivity contribution in [1.82, 2.24) is 10.1 Å². The van der Waals surface area contributed by atoms with E-state index in [9.17, 15) is 0 Å². The highest BCUT2D eigenvalue weighted by molar-refractivity contribution is 5.71. The Kier molecular flexibility index (Phi) is 4.35. The Morgan fingerprint density at radius 2 is 2.21 bits per heavy atom. The molecular weight excluding hydrogens is 246 g/mol. The maximum atomic E-state index is 5.92. The molecule has 0 aliphatic heterocycles. The molecule has 0 saturated carbocycles. The zero-order valence-corrected chi connectivity index (χ0v) is 11.0. The summed E-state index contributed by atoms with van der Waals surface area (Å²) in [6.07, 6.45) is 0.955. The molecule has 0 bridgehead atoms. The Labute approximate surface area is 111 Å². The van der Waals surface area contributed by atoms with Crippen LogP contribution >= 0.6 is 0 Å². The number of rotatable bonds is 6.